The maximum atomic E-state index is 12.3. The number of aromatic nitrogens is 1. The van der Waals surface area contributed by atoms with Gasteiger partial charge in [-0.2, -0.15) is 13.5 Å². The number of hydrogen-bond donors (Lipinski definition) is 5. The molecule has 17 heteroatoms. The number of azo groups is 1. The summed E-state index contributed by atoms with van der Waals surface area (Å²) in [5.41, 5.74) is -0.0771. The van der Waals surface area contributed by atoms with Crippen LogP contribution in [0.2, 0.25) is 0 Å². The van der Waals surface area contributed by atoms with E-state index in [9.17, 15) is 26.7 Å². The number of benzene rings is 1. The number of amides is 1. The van der Waals surface area contributed by atoms with E-state index in [0.717, 1.165) is 12.1 Å². The van der Waals surface area contributed by atoms with E-state index in [1.54, 1.807) is 0 Å². The first-order valence-electron chi connectivity index (χ1n) is 9.35. The van der Waals surface area contributed by atoms with E-state index in [0.29, 0.717) is 6.40 Å². The quantitative estimate of drug-likeness (QED) is 0.0949. The molecule has 0 radical (unpaired) electrons. The lowest BCUT2D eigenvalue weighted by atomic mass is 10.2. The molecule has 0 saturated heterocycles. The van der Waals surface area contributed by atoms with E-state index < -0.39 is 38.3 Å². The number of anilines is 1. The summed E-state index contributed by atoms with van der Waals surface area (Å²) >= 11 is 0. The van der Waals surface area contributed by atoms with E-state index in [4.69, 9.17) is 21.3 Å². The lowest BCUT2D eigenvalue weighted by Gasteiger charge is -2.09. The molecule has 186 valence electrons. The Labute approximate surface area is 200 Å². The van der Waals surface area contributed by atoms with Gasteiger partial charge in [0.25, 0.3) is 10.1 Å². The second kappa shape index (κ2) is 11.4. The van der Waals surface area contributed by atoms with Crippen molar-refractivity contribution < 1.29 is 36.0 Å². The molecule has 1 aromatic heterocycles. The third kappa shape index (κ3) is 8.08. The minimum Gasteiger partial charge on any atom is -0.504 e. The molecule has 1 amide bonds. The zero-order chi connectivity index (χ0) is 26.2. The average Bonchev–Trinajstić information content (AvgIpc) is 2.76. The van der Waals surface area contributed by atoms with E-state index in [1.807, 2.05) is 4.72 Å². The second-order valence-corrected chi connectivity index (χ2v) is 9.93. The number of nitrogens with zero attached hydrogens (tertiary/aromatic N) is 4. The molecule has 0 saturated carbocycles. The van der Waals surface area contributed by atoms with Crippen LogP contribution in [-0.4, -0.2) is 56.1 Å². The minimum absolute atomic E-state index is 0.0493. The van der Waals surface area contributed by atoms with Crippen molar-refractivity contribution in [3.63, 3.8) is 0 Å². The van der Waals surface area contributed by atoms with E-state index in [1.165, 1.54) is 19.1 Å². The number of sulfonamides is 1. The Hall–Kier alpha value is -3.98. The topological polar surface area (TPSA) is 225 Å². The molecule has 0 spiro atoms. The highest BCUT2D eigenvalue weighted by atomic mass is 32.2. The van der Waals surface area contributed by atoms with Crippen LogP contribution in [0.15, 0.2) is 39.4 Å². The van der Waals surface area contributed by atoms with Gasteiger partial charge in [0, 0.05) is 19.0 Å². The van der Waals surface area contributed by atoms with Crippen molar-refractivity contribution in [1.29, 1.82) is 5.41 Å². The Kier molecular flexibility index (Phi) is 8.91. The van der Waals surface area contributed by atoms with Gasteiger partial charge in [0.15, 0.2) is 23.8 Å². The Balaban J connectivity index is 2.39. The second-order valence-electron chi connectivity index (χ2n) is 6.60. The molecule has 1 heterocycles. The standard InChI is InChI=1S/C18H19N7O8S2/c1-11(26)22-18-16(27)7-12(9-33-10-19)17(23-18)25-24-14-4-3-13(8-15(14)20-2)35(31,32)21-5-6-34(28,29)30/h3-4,7-8,10,19,21,27H,5-6,9H2,1H3,(H,22,23,26)(H,28,29,30). The SMILES string of the molecule is [C-]#[N+]c1cc(S(=O)(=O)NCCS(=O)(=O)O)ccc1N=Nc1nc(NC(C)=O)c(O)cc1COC=N. The fraction of sp³-hybridized carbons (Fsp3) is 0.222. The molecule has 0 aliphatic carbocycles. The van der Waals surface area contributed by atoms with Crippen molar-refractivity contribution in [2.24, 2.45) is 10.2 Å². The first-order valence-corrected chi connectivity index (χ1v) is 12.4. The number of hydrogen-bond acceptors (Lipinski definition) is 11. The van der Waals surface area contributed by atoms with Gasteiger partial charge in [-0.1, -0.05) is 0 Å². The smallest absolute Gasteiger partial charge is 0.266 e. The van der Waals surface area contributed by atoms with E-state index in [2.05, 4.69) is 25.4 Å². The first-order chi connectivity index (χ1) is 16.4. The Bertz CT molecular complexity index is 1420. The number of aromatic hydroxyl groups is 1. The Morgan fingerprint density at radius 1 is 1.29 bits per heavy atom. The molecule has 0 unspecified atom stereocenters. The molecule has 35 heavy (non-hydrogen) atoms. The van der Waals surface area contributed by atoms with Crippen LogP contribution in [0.5, 0.6) is 5.75 Å². The summed E-state index contributed by atoms with van der Waals surface area (Å²) in [7, 11) is -8.57. The fourth-order valence-corrected chi connectivity index (χ4v) is 3.99. The highest BCUT2D eigenvalue weighted by Crippen LogP contribution is 2.34. The normalized spacial score (nSPS) is 11.7. The van der Waals surface area contributed by atoms with Crippen LogP contribution in [-0.2, 0) is 36.3 Å². The summed E-state index contributed by atoms with van der Waals surface area (Å²) in [5, 5.41) is 27.1. The fourth-order valence-electron chi connectivity index (χ4n) is 2.45. The summed E-state index contributed by atoms with van der Waals surface area (Å²) in [5.74, 6) is -2.07. The van der Waals surface area contributed by atoms with Crippen LogP contribution in [0.4, 0.5) is 23.0 Å². The van der Waals surface area contributed by atoms with Crippen molar-refractivity contribution in [3.8, 4) is 5.75 Å². The van der Waals surface area contributed by atoms with Crippen molar-refractivity contribution in [3.05, 3.63) is 41.2 Å². The van der Waals surface area contributed by atoms with Gasteiger partial charge in [-0.3, -0.25) is 14.8 Å². The third-order valence-corrected chi connectivity index (χ3v) is 6.14. The molecule has 15 nitrogen and oxygen atoms in total. The van der Waals surface area contributed by atoms with Crippen molar-refractivity contribution in [1.82, 2.24) is 9.71 Å². The third-order valence-electron chi connectivity index (χ3n) is 3.96. The van der Waals surface area contributed by atoms with Gasteiger partial charge in [-0.05, 0) is 24.3 Å². The highest BCUT2D eigenvalue weighted by Gasteiger charge is 2.18. The zero-order valence-electron chi connectivity index (χ0n) is 18.0. The van der Waals surface area contributed by atoms with Crippen molar-refractivity contribution in [2.45, 2.75) is 18.4 Å². The number of carbonyl (C=O) groups excluding carboxylic acids is 1. The number of rotatable bonds is 11. The highest BCUT2D eigenvalue weighted by molar-refractivity contribution is 7.89. The lowest BCUT2D eigenvalue weighted by Crippen LogP contribution is -2.29. The van der Waals surface area contributed by atoms with Crippen LogP contribution in [0.25, 0.3) is 4.85 Å². The molecule has 0 atom stereocenters. The number of ether oxygens (including phenoxy) is 1. The van der Waals surface area contributed by atoms with Crippen LogP contribution in [0.1, 0.15) is 12.5 Å². The maximum Gasteiger partial charge on any atom is 0.266 e. The molecule has 2 aromatic rings. The van der Waals surface area contributed by atoms with Crippen molar-refractivity contribution >= 4 is 55.5 Å². The maximum absolute atomic E-state index is 12.3. The summed E-state index contributed by atoms with van der Waals surface area (Å²) in [6.07, 6.45) is 0.653. The van der Waals surface area contributed by atoms with Gasteiger partial charge in [-0.25, -0.2) is 23.0 Å². The summed E-state index contributed by atoms with van der Waals surface area (Å²) in [6, 6.07) is 4.46. The first kappa shape index (κ1) is 27.3. The van der Waals surface area contributed by atoms with E-state index in [-0.39, 0.29) is 45.8 Å². The molecule has 0 aliphatic heterocycles. The molecule has 0 bridgehead atoms. The predicted octanol–water partition coefficient (Wildman–Crippen LogP) is 2.00. The van der Waals surface area contributed by atoms with Crippen molar-refractivity contribution in [2.75, 3.05) is 17.6 Å². The largest absolute Gasteiger partial charge is 0.504 e. The van der Waals surface area contributed by atoms with Crippen LogP contribution in [0, 0.1) is 12.0 Å². The number of carbonyl (C=O) groups is 1. The monoisotopic (exact) mass is 525 g/mol. The van der Waals surface area contributed by atoms with Gasteiger partial charge in [0.1, 0.15) is 6.61 Å². The predicted molar refractivity (Wildman–Crippen MR) is 122 cm³/mol. The van der Waals surface area contributed by atoms with Gasteiger partial charge < -0.3 is 15.2 Å². The van der Waals surface area contributed by atoms with Gasteiger partial charge in [0.05, 0.1) is 22.9 Å². The summed E-state index contributed by atoms with van der Waals surface area (Å²) in [4.78, 5) is 18.2. The Morgan fingerprint density at radius 2 is 2.00 bits per heavy atom. The molecular formula is C18H19N7O8S2. The van der Waals surface area contributed by atoms with Crippen LogP contribution < -0.4 is 10.0 Å². The van der Waals surface area contributed by atoms with Crippen LogP contribution >= 0.6 is 0 Å². The number of nitrogens with one attached hydrogen (secondary N) is 3. The summed E-state index contributed by atoms with van der Waals surface area (Å²) < 4.78 is 61.8. The minimum atomic E-state index is -4.37. The molecule has 1 aromatic carbocycles. The zero-order valence-corrected chi connectivity index (χ0v) is 19.6. The van der Waals surface area contributed by atoms with Gasteiger partial charge in [0.2, 0.25) is 21.6 Å². The molecule has 2 rings (SSSR count). The van der Waals surface area contributed by atoms with Gasteiger partial charge >= 0.3 is 0 Å². The molecule has 0 aliphatic rings. The average molecular weight is 526 g/mol. The molecule has 5 N–H and O–H groups in total. The van der Waals surface area contributed by atoms with Crippen LogP contribution in [0.3, 0.4) is 0 Å². The number of pyridine rings is 1. The Morgan fingerprint density at radius 3 is 2.60 bits per heavy atom. The lowest BCUT2D eigenvalue weighted by molar-refractivity contribution is -0.114. The van der Waals surface area contributed by atoms with E-state index >= 15 is 0 Å². The van der Waals surface area contributed by atoms with Gasteiger partial charge in [-0.15, -0.1) is 5.11 Å². The molecular weight excluding hydrogens is 506 g/mol. The molecule has 0 fully saturated rings. The summed E-state index contributed by atoms with van der Waals surface area (Å²) in [6.45, 7) is 7.71.